The zero-order valence-corrected chi connectivity index (χ0v) is 18.3. The van der Waals surface area contributed by atoms with Crippen molar-refractivity contribution in [2.45, 2.75) is 26.3 Å². The Hall–Kier alpha value is -4.00. The molecule has 0 fully saturated rings. The standard InChI is InChI=1S/C26H22FN5O/c1-15-13-16(2)32-23(28-15)14-22(30-32)26(33)31-12-11-20-19-5-3-4-6-21(19)29-24(20)25(31)17-7-9-18(27)10-8-17/h3-10,13-14,25,29H,11-12H2,1-2H3. The van der Waals surface area contributed by atoms with Crippen LogP contribution in [0.25, 0.3) is 16.6 Å². The summed E-state index contributed by atoms with van der Waals surface area (Å²) < 4.78 is 15.4. The lowest BCUT2D eigenvalue weighted by Gasteiger charge is -2.35. The van der Waals surface area contributed by atoms with Crippen LogP contribution in [0.2, 0.25) is 0 Å². The van der Waals surface area contributed by atoms with Crippen molar-refractivity contribution in [3.8, 4) is 0 Å². The zero-order valence-electron chi connectivity index (χ0n) is 18.3. The molecular weight excluding hydrogens is 417 g/mol. The molecule has 5 aromatic rings. The first-order valence-electron chi connectivity index (χ1n) is 11.0. The second kappa shape index (κ2) is 7.27. The average Bonchev–Trinajstić information content (AvgIpc) is 3.40. The van der Waals surface area contributed by atoms with E-state index in [1.165, 1.54) is 17.7 Å². The van der Waals surface area contributed by atoms with Gasteiger partial charge in [-0.25, -0.2) is 13.9 Å². The van der Waals surface area contributed by atoms with Crippen molar-refractivity contribution in [3.05, 3.63) is 100 Å². The van der Waals surface area contributed by atoms with Crippen LogP contribution in [-0.2, 0) is 6.42 Å². The van der Waals surface area contributed by atoms with E-state index in [4.69, 9.17) is 0 Å². The van der Waals surface area contributed by atoms with E-state index < -0.39 is 0 Å². The SMILES string of the molecule is Cc1cc(C)n2nc(C(=O)N3CCc4c([nH]c5ccccc45)C3c3ccc(F)cc3)cc2n1. The molecule has 1 aliphatic rings. The van der Waals surface area contributed by atoms with E-state index in [0.29, 0.717) is 17.9 Å². The summed E-state index contributed by atoms with van der Waals surface area (Å²) in [6, 6.07) is 17.9. The van der Waals surface area contributed by atoms with E-state index in [0.717, 1.165) is 40.0 Å². The number of benzene rings is 2. The normalized spacial score (nSPS) is 15.8. The van der Waals surface area contributed by atoms with Gasteiger partial charge in [0.1, 0.15) is 5.82 Å². The Bertz CT molecular complexity index is 1530. The summed E-state index contributed by atoms with van der Waals surface area (Å²) in [7, 11) is 0. The number of fused-ring (bicyclic) bond motifs is 4. The molecule has 2 aromatic carbocycles. The molecule has 0 radical (unpaired) electrons. The van der Waals surface area contributed by atoms with Crippen LogP contribution in [-0.4, -0.2) is 36.9 Å². The molecule has 1 amide bonds. The maximum Gasteiger partial charge on any atom is 0.275 e. The van der Waals surface area contributed by atoms with E-state index in [2.05, 4.69) is 21.1 Å². The van der Waals surface area contributed by atoms with Gasteiger partial charge in [0.05, 0.1) is 6.04 Å². The largest absolute Gasteiger partial charge is 0.356 e. The first-order valence-corrected chi connectivity index (χ1v) is 11.0. The van der Waals surface area contributed by atoms with Crippen LogP contribution in [0.3, 0.4) is 0 Å². The predicted octanol–water partition coefficient (Wildman–Crippen LogP) is 4.75. The highest BCUT2D eigenvalue weighted by Crippen LogP contribution is 2.39. The van der Waals surface area contributed by atoms with Crippen LogP contribution in [0, 0.1) is 19.7 Å². The number of halogens is 1. The number of aromatic amines is 1. The predicted molar refractivity (Wildman–Crippen MR) is 124 cm³/mol. The number of carbonyl (C=O) groups is 1. The average molecular weight is 439 g/mol. The van der Waals surface area contributed by atoms with E-state index in [1.807, 2.05) is 43.0 Å². The fourth-order valence-corrected chi connectivity index (χ4v) is 4.99. The summed E-state index contributed by atoms with van der Waals surface area (Å²) in [4.78, 5) is 23.7. The molecule has 0 spiro atoms. The molecule has 164 valence electrons. The van der Waals surface area contributed by atoms with Gasteiger partial charge in [-0.2, -0.15) is 5.10 Å². The topological polar surface area (TPSA) is 66.3 Å². The Labute approximate surface area is 189 Å². The molecule has 0 aliphatic carbocycles. The molecule has 6 rings (SSSR count). The van der Waals surface area contributed by atoms with Crippen LogP contribution in [0.15, 0.2) is 60.7 Å². The molecule has 0 saturated carbocycles. The molecule has 1 atom stereocenters. The van der Waals surface area contributed by atoms with Crippen LogP contribution < -0.4 is 0 Å². The number of rotatable bonds is 2. The van der Waals surface area contributed by atoms with Crippen molar-refractivity contribution >= 4 is 22.5 Å². The fourth-order valence-electron chi connectivity index (χ4n) is 4.99. The molecule has 6 nitrogen and oxygen atoms in total. The first-order chi connectivity index (χ1) is 16.0. The van der Waals surface area contributed by atoms with Crippen molar-refractivity contribution in [2.75, 3.05) is 6.54 Å². The minimum Gasteiger partial charge on any atom is -0.356 e. The lowest BCUT2D eigenvalue weighted by Crippen LogP contribution is -2.40. The monoisotopic (exact) mass is 439 g/mol. The van der Waals surface area contributed by atoms with Crippen molar-refractivity contribution in [2.24, 2.45) is 0 Å². The molecule has 1 unspecified atom stereocenters. The maximum atomic E-state index is 13.8. The zero-order chi connectivity index (χ0) is 22.7. The summed E-state index contributed by atoms with van der Waals surface area (Å²) in [5, 5.41) is 5.72. The number of nitrogens with zero attached hydrogens (tertiary/aromatic N) is 4. The molecule has 33 heavy (non-hydrogen) atoms. The quantitative estimate of drug-likeness (QED) is 0.432. The lowest BCUT2D eigenvalue weighted by atomic mass is 9.92. The Morgan fingerprint density at radius 1 is 1.09 bits per heavy atom. The molecule has 3 aromatic heterocycles. The van der Waals surface area contributed by atoms with Crippen LogP contribution >= 0.6 is 0 Å². The molecule has 7 heteroatoms. The third-order valence-electron chi connectivity index (χ3n) is 6.43. The Balaban J connectivity index is 1.49. The Morgan fingerprint density at radius 2 is 1.88 bits per heavy atom. The van der Waals surface area contributed by atoms with Crippen LogP contribution in [0.1, 0.15) is 44.7 Å². The van der Waals surface area contributed by atoms with Gasteiger partial charge in [0, 0.05) is 40.6 Å². The van der Waals surface area contributed by atoms with Gasteiger partial charge in [0.25, 0.3) is 5.91 Å². The van der Waals surface area contributed by atoms with E-state index in [-0.39, 0.29) is 17.8 Å². The van der Waals surface area contributed by atoms with E-state index in [1.54, 1.807) is 22.7 Å². The Kier molecular flexibility index (Phi) is 4.33. The highest BCUT2D eigenvalue weighted by Gasteiger charge is 2.36. The number of nitrogens with one attached hydrogen (secondary N) is 1. The second-order valence-corrected chi connectivity index (χ2v) is 8.60. The third kappa shape index (κ3) is 3.11. The number of para-hydroxylation sites is 1. The highest BCUT2D eigenvalue weighted by molar-refractivity contribution is 5.95. The number of H-pyrrole nitrogens is 1. The van der Waals surface area contributed by atoms with Gasteiger partial charge in [0.2, 0.25) is 0 Å². The molecule has 1 aliphatic heterocycles. The number of hydrogen-bond donors (Lipinski definition) is 1. The summed E-state index contributed by atoms with van der Waals surface area (Å²) >= 11 is 0. The molecule has 0 bridgehead atoms. The first kappa shape index (κ1) is 19.7. The highest BCUT2D eigenvalue weighted by atomic mass is 19.1. The number of carbonyl (C=O) groups excluding carboxylic acids is 1. The van der Waals surface area contributed by atoms with Gasteiger partial charge >= 0.3 is 0 Å². The minimum absolute atomic E-state index is 0.170. The molecule has 1 N–H and O–H groups in total. The third-order valence-corrected chi connectivity index (χ3v) is 6.43. The van der Waals surface area contributed by atoms with Gasteiger partial charge in [-0.1, -0.05) is 30.3 Å². The number of aromatic nitrogens is 4. The lowest BCUT2D eigenvalue weighted by molar-refractivity contribution is 0.0685. The minimum atomic E-state index is -0.366. The fraction of sp³-hybridized carbons (Fsp3) is 0.192. The van der Waals surface area contributed by atoms with Crippen LogP contribution in [0.5, 0.6) is 0 Å². The Morgan fingerprint density at radius 3 is 2.70 bits per heavy atom. The number of aryl methyl sites for hydroxylation is 2. The summed E-state index contributed by atoms with van der Waals surface area (Å²) in [6.07, 6.45) is 0.729. The van der Waals surface area contributed by atoms with Gasteiger partial charge in [-0.15, -0.1) is 0 Å². The van der Waals surface area contributed by atoms with Crippen molar-refractivity contribution in [3.63, 3.8) is 0 Å². The van der Waals surface area contributed by atoms with Gasteiger partial charge < -0.3 is 9.88 Å². The van der Waals surface area contributed by atoms with E-state index in [9.17, 15) is 9.18 Å². The van der Waals surface area contributed by atoms with Gasteiger partial charge in [-0.05, 0) is 55.7 Å². The number of amides is 1. The van der Waals surface area contributed by atoms with Crippen molar-refractivity contribution in [1.29, 1.82) is 0 Å². The van der Waals surface area contributed by atoms with Gasteiger partial charge in [0.15, 0.2) is 11.3 Å². The smallest absolute Gasteiger partial charge is 0.275 e. The van der Waals surface area contributed by atoms with Crippen LogP contribution in [0.4, 0.5) is 4.39 Å². The summed E-state index contributed by atoms with van der Waals surface area (Å²) in [5.74, 6) is -0.474. The summed E-state index contributed by atoms with van der Waals surface area (Å²) in [5.41, 5.74) is 6.86. The maximum absolute atomic E-state index is 13.8. The molecular formula is C26H22FN5O. The second-order valence-electron chi connectivity index (χ2n) is 8.60. The number of hydrogen-bond acceptors (Lipinski definition) is 3. The van der Waals surface area contributed by atoms with Crippen molar-refractivity contribution in [1.82, 2.24) is 24.5 Å². The van der Waals surface area contributed by atoms with Gasteiger partial charge in [-0.3, -0.25) is 4.79 Å². The molecule has 4 heterocycles. The van der Waals surface area contributed by atoms with Crippen molar-refractivity contribution < 1.29 is 9.18 Å². The summed E-state index contributed by atoms with van der Waals surface area (Å²) in [6.45, 7) is 4.41. The molecule has 0 saturated heterocycles. The van der Waals surface area contributed by atoms with E-state index >= 15 is 0 Å².